The summed E-state index contributed by atoms with van der Waals surface area (Å²) in [6.07, 6.45) is -3.57. The zero-order chi connectivity index (χ0) is 22.6. The van der Waals surface area contributed by atoms with Gasteiger partial charge >= 0.3 is 6.18 Å². The van der Waals surface area contributed by atoms with E-state index < -0.39 is 34.8 Å². The van der Waals surface area contributed by atoms with Crippen molar-refractivity contribution in [2.75, 3.05) is 25.6 Å². The summed E-state index contributed by atoms with van der Waals surface area (Å²) >= 11 is 0. The first-order valence-corrected chi connectivity index (χ1v) is 10.8. The van der Waals surface area contributed by atoms with Crippen LogP contribution in [0.25, 0.3) is 0 Å². The van der Waals surface area contributed by atoms with Crippen molar-refractivity contribution in [2.45, 2.75) is 30.0 Å². The van der Waals surface area contributed by atoms with Crippen LogP contribution < -0.4 is 14.8 Å². The molecule has 0 unspecified atom stereocenters. The second-order valence-corrected chi connectivity index (χ2v) is 8.76. The largest absolute Gasteiger partial charge is 0.497 e. The van der Waals surface area contributed by atoms with E-state index in [0.29, 0.717) is 24.3 Å². The maximum atomic E-state index is 13.0. The van der Waals surface area contributed by atoms with E-state index in [1.54, 1.807) is 0 Å². The Morgan fingerprint density at radius 3 is 2.29 bits per heavy atom. The van der Waals surface area contributed by atoms with Gasteiger partial charge in [-0.3, -0.25) is 4.79 Å². The van der Waals surface area contributed by atoms with Gasteiger partial charge in [0, 0.05) is 12.2 Å². The molecule has 7 nitrogen and oxygen atoms in total. The van der Waals surface area contributed by atoms with Gasteiger partial charge in [-0.15, -0.1) is 0 Å². The monoisotopic (exact) mass is 458 g/mol. The standard InChI is InChI=1S/C20H21F3N2O5S/c1-29-15-8-10-17(11-9-15)31(27,28)25-12-2-3-18(25)19(26)24-14-4-6-16(7-5-14)30-13-20(21,22)23/h4-11,18H,2-3,12-13H2,1H3,(H,24,26)/t18-/m1/s1. The third-order valence-corrected chi connectivity index (χ3v) is 6.62. The van der Waals surface area contributed by atoms with Gasteiger partial charge in [0.1, 0.15) is 17.5 Å². The molecule has 0 spiro atoms. The number of rotatable bonds is 7. The molecule has 1 aliphatic rings. The van der Waals surface area contributed by atoms with Gasteiger partial charge in [0.05, 0.1) is 12.0 Å². The molecule has 1 saturated heterocycles. The third kappa shape index (κ3) is 5.67. The van der Waals surface area contributed by atoms with Crippen LogP contribution in [0.2, 0.25) is 0 Å². The highest BCUT2D eigenvalue weighted by molar-refractivity contribution is 7.89. The number of sulfonamides is 1. The van der Waals surface area contributed by atoms with Crippen molar-refractivity contribution in [3.05, 3.63) is 48.5 Å². The van der Waals surface area contributed by atoms with Crippen molar-refractivity contribution in [1.29, 1.82) is 0 Å². The van der Waals surface area contributed by atoms with Crippen LogP contribution in [-0.2, 0) is 14.8 Å². The maximum Gasteiger partial charge on any atom is 0.422 e. The molecule has 31 heavy (non-hydrogen) atoms. The Bertz CT molecular complexity index is 1010. The number of nitrogens with zero attached hydrogens (tertiary/aromatic N) is 1. The number of methoxy groups -OCH3 is 1. The second-order valence-electron chi connectivity index (χ2n) is 6.87. The highest BCUT2D eigenvalue weighted by Crippen LogP contribution is 2.28. The molecule has 1 amide bonds. The van der Waals surface area contributed by atoms with Gasteiger partial charge < -0.3 is 14.8 Å². The SMILES string of the molecule is COc1ccc(S(=O)(=O)N2CCC[C@@H]2C(=O)Nc2ccc(OCC(F)(F)F)cc2)cc1. The first-order chi connectivity index (χ1) is 14.6. The fraction of sp³-hybridized carbons (Fsp3) is 0.350. The number of amides is 1. The van der Waals surface area contributed by atoms with Gasteiger partial charge in [0.25, 0.3) is 0 Å². The summed E-state index contributed by atoms with van der Waals surface area (Å²) in [5, 5.41) is 2.61. The minimum absolute atomic E-state index is 0.0000922. The molecule has 0 radical (unpaired) electrons. The van der Waals surface area contributed by atoms with Crippen molar-refractivity contribution in [2.24, 2.45) is 0 Å². The van der Waals surface area contributed by atoms with Crippen LogP contribution in [-0.4, -0.2) is 51.1 Å². The summed E-state index contributed by atoms with van der Waals surface area (Å²) in [5.41, 5.74) is 0.318. The Labute approximate surface area is 177 Å². The number of hydrogen-bond donors (Lipinski definition) is 1. The molecule has 2 aromatic rings. The summed E-state index contributed by atoms with van der Waals surface area (Å²) in [6.45, 7) is -1.21. The van der Waals surface area contributed by atoms with Gasteiger partial charge in [-0.05, 0) is 61.4 Å². The molecule has 0 bridgehead atoms. The van der Waals surface area contributed by atoms with Crippen molar-refractivity contribution in [1.82, 2.24) is 4.31 Å². The molecular formula is C20H21F3N2O5S. The second kappa shape index (κ2) is 9.15. The Morgan fingerprint density at radius 2 is 1.71 bits per heavy atom. The molecule has 3 rings (SSSR count). The first kappa shape index (κ1) is 22.9. The molecule has 1 atom stereocenters. The topological polar surface area (TPSA) is 84.9 Å². The van der Waals surface area contributed by atoms with Crippen molar-refractivity contribution in [3.8, 4) is 11.5 Å². The average molecular weight is 458 g/mol. The number of anilines is 1. The minimum Gasteiger partial charge on any atom is -0.497 e. The van der Waals surface area contributed by atoms with Crippen LogP contribution in [0, 0.1) is 0 Å². The summed E-state index contributed by atoms with van der Waals surface area (Å²) in [5.74, 6) is -0.00391. The van der Waals surface area contributed by atoms with Crippen molar-refractivity contribution < 1.29 is 35.9 Å². The smallest absolute Gasteiger partial charge is 0.422 e. The number of benzene rings is 2. The molecule has 0 aliphatic carbocycles. The molecule has 2 aromatic carbocycles. The summed E-state index contributed by atoms with van der Waals surface area (Å²) < 4.78 is 73.5. The summed E-state index contributed by atoms with van der Waals surface area (Å²) in [7, 11) is -2.42. The summed E-state index contributed by atoms with van der Waals surface area (Å²) in [4.78, 5) is 12.8. The lowest BCUT2D eigenvalue weighted by Gasteiger charge is -2.23. The molecule has 0 aromatic heterocycles. The minimum atomic E-state index is -4.45. The molecule has 1 fully saturated rings. The number of halogens is 3. The highest BCUT2D eigenvalue weighted by atomic mass is 32.2. The molecule has 1 N–H and O–H groups in total. The zero-order valence-corrected chi connectivity index (χ0v) is 17.4. The van der Waals surface area contributed by atoms with E-state index in [9.17, 15) is 26.4 Å². The fourth-order valence-corrected chi connectivity index (χ4v) is 4.85. The number of carbonyl (C=O) groups is 1. The number of carbonyl (C=O) groups excluding carboxylic acids is 1. The van der Waals surface area contributed by atoms with E-state index in [1.807, 2.05) is 0 Å². The van der Waals surface area contributed by atoms with Gasteiger partial charge in [-0.25, -0.2) is 8.42 Å². The van der Waals surface area contributed by atoms with E-state index >= 15 is 0 Å². The fourth-order valence-electron chi connectivity index (χ4n) is 3.20. The highest BCUT2D eigenvalue weighted by Gasteiger charge is 2.39. The quantitative estimate of drug-likeness (QED) is 0.687. The molecule has 0 saturated carbocycles. The average Bonchev–Trinajstić information content (AvgIpc) is 3.24. The number of nitrogens with one attached hydrogen (secondary N) is 1. The van der Waals surface area contributed by atoms with E-state index in [4.69, 9.17) is 4.74 Å². The van der Waals surface area contributed by atoms with Crippen LogP contribution in [0.5, 0.6) is 11.5 Å². The van der Waals surface area contributed by atoms with E-state index in [-0.39, 0.29) is 17.2 Å². The summed E-state index contributed by atoms with van der Waals surface area (Å²) in [6, 6.07) is 10.4. The van der Waals surface area contributed by atoms with E-state index in [1.165, 1.54) is 55.6 Å². The van der Waals surface area contributed by atoms with Gasteiger partial charge in [0.2, 0.25) is 15.9 Å². The lowest BCUT2D eigenvalue weighted by atomic mass is 10.2. The van der Waals surface area contributed by atoms with Crippen LogP contribution in [0.1, 0.15) is 12.8 Å². The zero-order valence-electron chi connectivity index (χ0n) is 16.6. The molecule has 11 heteroatoms. The van der Waals surface area contributed by atoms with E-state index in [0.717, 1.165) is 4.31 Å². The molecule has 1 aliphatic heterocycles. The Morgan fingerprint density at radius 1 is 1.10 bits per heavy atom. The number of ether oxygens (including phenoxy) is 2. The predicted molar refractivity (Wildman–Crippen MR) is 107 cm³/mol. The van der Waals surface area contributed by atoms with Gasteiger partial charge in [-0.2, -0.15) is 17.5 Å². The Hall–Kier alpha value is -2.79. The third-order valence-electron chi connectivity index (χ3n) is 4.70. The maximum absolute atomic E-state index is 13.0. The molecule has 1 heterocycles. The lowest BCUT2D eigenvalue weighted by molar-refractivity contribution is -0.153. The lowest BCUT2D eigenvalue weighted by Crippen LogP contribution is -2.43. The normalized spacial score (nSPS) is 17.4. The van der Waals surface area contributed by atoms with Crippen LogP contribution >= 0.6 is 0 Å². The van der Waals surface area contributed by atoms with Crippen LogP contribution in [0.3, 0.4) is 0 Å². The Balaban J connectivity index is 1.68. The number of alkyl halides is 3. The molecular weight excluding hydrogens is 437 g/mol. The van der Waals surface area contributed by atoms with Gasteiger partial charge in [-0.1, -0.05) is 0 Å². The van der Waals surface area contributed by atoms with Gasteiger partial charge in [0.15, 0.2) is 6.61 Å². The first-order valence-electron chi connectivity index (χ1n) is 9.36. The number of hydrogen-bond acceptors (Lipinski definition) is 5. The van der Waals surface area contributed by atoms with E-state index in [2.05, 4.69) is 10.1 Å². The molecule has 168 valence electrons. The van der Waals surface area contributed by atoms with Crippen molar-refractivity contribution >= 4 is 21.6 Å². The van der Waals surface area contributed by atoms with Crippen LogP contribution in [0.4, 0.5) is 18.9 Å². The predicted octanol–water partition coefficient (Wildman–Crippen LogP) is 3.43. The Kier molecular flexibility index (Phi) is 6.75. The van der Waals surface area contributed by atoms with Crippen molar-refractivity contribution in [3.63, 3.8) is 0 Å². The van der Waals surface area contributed by atoms with Crippen LogP contribution in [0.15, 0.2) is 53.4 Å².